The van der Waals surface area contributed by atoms with Gasteiger partial charge < -0.3 is 15.6 Å². The molecule has 28 heavy (non-hydrogen) atoms. The fourth-order valence-electron chi connectivity index (χ4n) is 3.46. The molecule has 0 saturated carbocycles. The normalized spacial score (nSPS) is 15.9. The minimum absolute atomic E-state index is 0.192. The van der Waals surface area contributed by atoms with Gasteiger partial charge in [0.25, 0.3) is 5.91 Å². The van der Waals surface area contributed by atoms with Gasteiger partial charge in [-0.15, -0.1) is 0 Å². The summed E-state index contributed by atoms with van der Waals surface area (Å²) in [6.07, 6.45) is 0. The molecule has 2 aromatic carbocycles. The van der Waals surface area contributed by atoms with Crippen molar-refractivity contribution >= 4 is 43.9 Å². The van der Waals surface area contributed by atoms with E-state index in [0.29, 0.717) is 16.3 Å². The van der Waals surface area contributed by atoms with Crippen LogP contribution in [0.3, 0.4) is 0 Å². The van der Waals surface area contributed by atoms with Crippen molar-refractivity contribution in [3.63, 3.8) is 0 Å². The van der Waals surface area contributed by atoms with Crippen molar-refractivity contribution in [3.05, 3.63) is 69.7 Å². The molecule has 8 heteroatoms. The zero-order valence-corrected chi connectivity index (χ0v) is 16.8. The monoisotopic (exact) mass is 415 g/mol. The Morgan fingerprint density at radius 2 is 1.93 bits per heavy atom. The summed E-state index contributed by atoms with van der Waals surface area (Å²) in [6.45, 7) is 1.84. The number of amides is 1. The number of nitrogens with one attached hydrogen (secondary N) is 1. The summed E-state index contributed by atoms with van der Waals surface area (Å²) in [5, 5.41) is 5.54. The molecular weight excluding hydrogens is 398 g/mol. The van der Waals surface area contributed by atoms with Crippen molar-refractivity contribution in [2.24, 2.45) is 12.8 Å². The lowest BCUT2D eigenvalue weighted by Gasteiger charge is -2.16. The lowest BCUT2D eigenvalue weighted by atomic mass is 10.0. The molecule has 1 aliphatic rings. The lowest BCUT2D eigenvalue weighted by molar-refractivity contribution is 0.0932. The summed E-state index contributed by atoms with van der Waals surface area (Å²) in [5.74, 6) is -0.237. The lowest BCUT2D eigenvalue weighted by Crippen LogP contribution is -2.28. The molecule has 0 bridgehead atoms. The number of aromatic nitrogens is 1. The third kappa shape index (κ3) is 2.96. The van der Waals surface area contributed by atoms with Crippen molar-refractivity contribution in [2.45, 2.75) is 17.9 Å². The zero-order chi connectivity index (χ0) is 20.2. The van der Waals surface area contributed by atoms with E-state index in [1.54, 1.807) is 22.8 Å². The predicted molar refractivity (Wildman–Crippen MR) is 110 cm³/mol. The molecule has 2 heterocycles. The first-order chi connectivity index (χ1) is 13.2. The number of aryl methyl sites for hydroxylation is 1. The molecule has 3 aromatic rings. The second kappa shape index (κ2) is 6.39. The van der Waals surface area contributed by atoms with Crippen molar-refractivity contribution in [2.75, 3.05) is 0 Å². The van der Waals surface area contributed by atoms with Gasteiger partial charge in [0.15, 0.2) is 0 Å². The van der Waals surface area contributed by atoms with E-state index in [1.807, 2.05) is 32.2 Å². The van der Waals surface area contributed by atoms with Gasteiger partial charge in [-0.05, 0) is 42.8 Å². The van der Waals surface area contributed by atoms with E-state index in [2.05, 4.69) is 5.32 Å². The van der Waals surface area contributed by atoms with Crippen molar-refractivity contribution in [3.8, 4) is 0 Å². The first-order valence-electron chi connectivity index (χ1n) is 8.60. The maximum atomic E-state index is 12.8. The molecule has 3 N–H and O–H groups in total. The summed E-state index contributed by atoms with van der Waals surface area (Å²) < 4.78 is 25.8. The van der Waals surface area contributed by atoms with Crippen LogP contribution in [-0.4, -0.2) is 18.9 Å². The minimum atomic E-state index is -3.48. The van der Waals surface area contributed by atoms with Crippen LogP contribution in [0.4, 0.5) is 0 Å². The average molecular weight is 416 g/mol. The molecule has 0 fully saturated rings. The number of hydrogen-bond donors (Lipinski definition) is 2. The van der Waals surface area contributed by atoms with E-state index in [9.17, 15) is 13.2 Å². The van der Waals surface area contributed by atoms with Gasteiger partial charge in [0.1, 0.15) is 5.69 Å². The number of nitrogens with two attached hydrogens (primary N) is 1. The van der Waals surface area contributed by atoms with Gasteiger partial charge in [0.2, 0.25) is 9.84 Å². The Morgan fingerprint density at radius 1 is 1.18 bits per heavy atom. The summed E-state index contributed by atoms with van der Waals surface area (Å²) in [4.78, 5) is 13.0. The molecule has 0 radical (unpaired) electrons. The number of carbonyl (C=O) groups is 1. The third-order valence-corrected chi connectivity index (χ3v) is 6.76. The molecule has 1 amide bonds. The van der Waals surface area contributed by atoms with Crippen LogP contribution >= 0.6 is 11.6 Å². The Kier molecular flexibility index (Phi) is 4.24. The molecule has 1 atom stereocenters. The number of carbonyl (C=O) groups excluding carboxylic acids is 1. The highest BCUT2D eigenvalue weighted by Crippen LogP contribution is 2.32. The number of halogens is 1. The molecule has 1 aliphatic heterocycles. The van der Waals surface area contributed by atoms with Gasteiger partial charge >= 0.3 is 0 Å². The van der Waals surface area contributed by atoms with Gasteiger partial charge in [0.05, 0.1) is 22.0 Å². The Balaban J connectivity index is 1.62. The fraction of sp³-hybridized carbons (Fsp3) is 0.150. The van der Waals surface area contributed by atoms with Gasteiger partial charge in [-0.25, -0.2) is 8.42 Å². The number of hydrogen-bond acceptors (Lipinski definition) is 4. The number of fused-ring (bicyclic) bond motifs is 2. The van der Waals surface area contributed by atoms with Crippen LogP contribution in [0.2, 0.25) is 5.02 Å². The highest BCUT2D eigenvalue weighted by Gasteiger charge is 2.26. The van der Waals surface area contributed by atoms with E-state index in [0.717, 1.165) is 21.9 Å². The summed E-state index contributed by atoms with van der Waals surface area (Å²) >= 11 is 6.05. The van der Waals surface area contributed by atoms with Gasteiger partial charge in [-0.1, -0.05) is 23.7 Å². The Labute approximate surface area is 167 Å². The topological polar surface area (TPSA) is 94.2 Å². The molecule has 0 aliphatic carbocycles. The van der Waals surface area contributed by atoms with Crippen LogP contribution in [0.1, 0.15) is 34.6 Å². The average Bonchev–Trinajstić information content (AvgIpc) is 3.08. The first kappa shape index (κ1) is 18.6. The second-order valence-corrected chi connectivity index (χ2v) is 9.06. The highest BCUT2D eigenvalue weighted by atomic mass is 35.5. The van der Waals surface area contributed by atoms with E-state index in [4.69, 9.17) is 17.3 Å². The van der Waals surface area contributed by atoms with Crippen LogP contribution in [0.15, 0.2) is 52.8 Å². The highest BCUT2D eigenvalue weighted by molar-refractivity contribution is 7.94. The summed E-state index contributed by atoms with van der Waals surface area (Å²) in [5.41, 5.74) is 8.66. The number of nitrogens with zero attached hydrogens (tertiary/aromatic N) is 1. The van der Waals surface area contributed by atoms with Crippen LogP contribution in [0.25, 0.3) is 16.6 Å². The second-order valence-electron chi connectivity index (χ2n) is 6.86. The molecule has 1 aromatic heterocycles. The van der Waals surface area contributed by atoms with Crippen molar-refractivity contribution in [1.82, 2.24) is 9.88 Å². The van der Waals surface area contributed by atoms with Gasteiger partial charge in [0, 0.05) is 28.5 Å². The number of benzene rings is 2. The molecular formula is C20H18ClN3O3S. The van der Waals surface area contributed by atoms with E-state index >= 15 is 0 Å². The molecule has 144 valence electrons. The molecule has 4 rings (SSSR count). The fourth-order valence-corrected chi connectivity index (χ4v) is 4.96. The first-order valence-corrected chi connectivity index (χ1v) is 10.5. The van der Waals surface area contributed by atoms with Crippen LogP contribution < -0.4 is 11.1 Å². The quantitative estimate of drug-likeness (QED) is 0.685. The van der Waals surface area contributed by atoms with Gasteiger partial charge in [-0.2, -0.15) is 0 Å². The predicted octanol–water partition coefficient (Wildman–Crippen LogP) is 3.37. The zero-order valence-electron chi connectivity index (χ0n) is 15.2. The van der Waals surface area contributed by atoms with E-state index in [-0.39, 0.29) is 22.5 Å². The molecule has 0 spiro atoms. The molecule has 1 unspecified atom stereocenters. The van der Waals surface area contributed by atoms with Crippen LogP contribution in [0.5, 0.6) is 0 Å². The minimum Gasteiger partial charge on any atom is -0.398 e. The molecule has 6 nitrogen and oxygen atoms in total. The largest absolute Gasteiger partial charge is 0.398 e. The standard InChI is InChI=1S/C20H18ClN3O3S/c1-11(12-4-6-19-15(7-12)16(22)10-28(19,26)27)23-20(25)18-8-13-3-5-14(21)9-17(13)24(18)2/h3-11H,22H2,1-2H3,(H,23,25). The van der Waals surface area contributed by atoms with E-state index < -0.39 is 9.84 Å². The number of sulfone groups is 1. The molecule has 0 saturated heterocycles. The van der Waals surface area contributed by atoms with E-state index in [1.165, 1.54) is 6.07 Å². The summed E-state index contributed by atoms with van der Waals surface area (Å²) in [7, 11) is -1.67. The third-order valence-electron chi connectivity index (χ3n) is 4.99. The Hall–Kier alpha value is -2.77. The number of rotatable bonds is 3. The van der Waals surface area contributed by atoms with Crippen molar-refractivity contribution < 1.29 is 13.2 Å². The Bertz CT molecular complexity index is 1280. The maximum Gasteiger partial charge on any atom is 0.268 e. The van der Waals surface area contributed by atoms with Crippen LogP contribution in [-0.2, 0) is 16.9 Å². The summed E-state index contributed by atoms with van der Waals surface area (Å²) in [6, 6.07) is 11.9. The van der Waals surface area contributed by atoms with Crippen LogP contribution in [0, 0.1) is 0 Å². The van der Waals surface area contributed by atoms with Gasteiger partial charge in [-0.3, -0.25) is 4.79 Å². The Morgan fingerprint density at radius 3 is 2.68 bits per heavy atom. The smallest absolute Gasteiger partial charge is 0.268 e. The SMILES string of the molecule is CC(NC(=O)c1cc2ccc(Cl)cc2n1C)c1ccc2c(c1)C(N)=CS2(=O)=O. The van der Waals surface area contributed by atoms with Crippen molar-refractivity contribution in [1.29, 1.82) is 0 Å². The maximum absolute atomic E-state index is 12.8.